The van der Waals surface area contributed by atoms with Crippen LogP contribution in [0.15, 0.2) is 29.0 Å². The third-order valence-corrected chi connectivity index (χ3v) is 6.36. The maximum absolute atomic E-state index is 13.8. The second kappa shape index (κ2) is 9.18. The van der Waals surface area contributed by atoms with Crippen LogP contribution < -0.4 is 15.5 Å². The van der Waals surface area contributed by atoms with Crippen molar-refractivity contribution in [1.82, 2.24) is 20.3 Å². The van der Waals surface area contributed by atoms with Gasteiger partial charge in [-0.05, 0) is 47.4 Å². The van der Waals surface area contributed by atoms with E-state index in [9.17, 15) is 18.0 Å². The number of alkyl halides is 3. The number of anilines is 2. The zero-order valence-corrected chi connectivity index (χ0v) is 19.5. The molecule has 3 heterocycles. The summed E-state index contributed by atoms with van der Waals surface area (Å²) in [6.07, 6.45) is -1.08. The molecule has 1 aliphatic rings. The normalized spacial score (nSPS) is 16.6. The molecule has 33 heavy (non-hydrogen) atoms. The van der Waals surface area contributed by atoms with Crippen LogP contribution in [0.25, 0.3) is 22.2 Å². The minimum Gasteiger partial charge on any atom is -0.452 e. The van der Waals surface area contributed by atoms with Crippen LogP contribution in [0.5, 0.6) is 0 Å². The van der Waals surface area contributed by atoms with Gasteiger partial charge in [0.15, 0.2) is 0 Å². The number of nitrogens with one attached hydrogen (secondary N) is 3. The van der Waals surface area contributed by atoms with E-state index in [1.165, 1.54) is 25.3 Å². The Morgan fingerprint density at radius 2 is 2.15 bits per heavy atom. The first kappa shape index (κ1) is 23.3. The van der Waals surface area contributed by atoms with E-state index in [0.29, 0.717) is 27.6 Å². The Kier molecular flexibility index (Phi) is 6.48. The molecule has 1 unspecified atom stereocenters. The Labute approximate surface area is 196 Å². The first-order valence-electron chi connectivity index (χ1n) is 10.2. The molecule has 3 N–H and O–H groups in total. The summed E-state index contributed by atoms with van der Waals surface area (Å²) in [7, 11) is 2.80. The van der Waals surface area contributed by atoms with Crippen molar-refractivity contribution < 1.29 is 22.7 Å². The predicted molar refractivity (Wildman–Crippen MR) is 122 cm³/mol. The van der Waals surface area contributed by atoms with Gasteiger partial charge in [-0.1, -0.05) is 0 Å². The van der Waals surface area contributed by atoms with E-state index in [-0.39, 0.29) is 23.2 Å². The van der Waals surface area contributed by atoms with Crippen LogP contribution >= 0.6 is 15.9 Å². The number of aromatic amines is 1. The number of rotatable bonds is 4. The standard InChI is InChI=1S/C21H22BrF3N6O2/c1-31(20(32)33-2)15-6-5-12-13(9-27-18(12)16(15)22)17-14(21(23,24)25)10-28-19(30-17)29-11-4-3-7-26-8-11/h5-6,9-11,26-27H,3-4,7-8H2,1-2H3,(H,28,29,30). The van der Waals surface area contributed by atoms with Crippen LogP contribution in [0.2, 0.25) is 0 Å². The van der Waals surface area contributed by atoms with E-state index in [1.807, 2.05) is 0 Å². The van der Waals surface area contributed by atoms with E-state index in [1.54, 1.807) is 12.1 Å². The predicted octanol–water partition coefficient (Wildman–Crippen LogP) is 4.77. The van der Waals surface area contributed by atoms with Crippen molar-refractivity contribution in [3.8, 4) is 11.3 Å². The van der Waals surface area contributed by atoms with Crippen molar-refractivity contribution in [3.05, 3.63) is 34.6 Å². The molecule has 0 spiro atoms. The van der Waals surface area contributed by atoms with Crippen LogP contribution in [0.3, 0.4) is 0 Å². The minimum atomic E-state index is -4.63. The smallest absolute Gasteiger partial charge is 0.419 e. The number of piperidine rings is 1. The van der Waals surface area contributed by atoms with Gasteiger partial charge in [0.2, 0.25) is 5.95 Å². The summed E-state index contributed by atoms with van der Waals surface area (Å²) >= 11 is 3.45. The number of benzene rings is 1. The highest BCUT2D eigenvalue weighted by molar-refractivity contribution is 9.10. The zero-order valence-electron chi connectivity index (χ0n) is 17.9. The van der Waals surface area contributed by atoms with Crippen molar-refractivity contribution in [3.63, 3.8) is 0 Å². The highest BCUT2D eigenvalue weighted by Crippen LogP contribution is 2.41. The quantitative estimate of drug-likeness (QED) is 0.453. The molecule has 0 radical (unpaired) electrons. The summed E-state index contributed by atoms with van der Waals surface area (Å²) in [4.78, 5) is 24.4. The third kappa shape index (κ3) is 4.62. The summed E-state index contributed by atoms with van der Waals surface area (Å²) in [5.41, 5.74) is 0.140. The summed E-state index contributed by atoms with van der Waals surface area (Å²) in [5, 5.41) is 6.89. The lowest BCUT2D eigenvalue weighted by molar-refractivity contribution is -0.137. The first-order chi connectivity index (χ1) is 15.7. The molecule has 1 amide bonds. The second-order valence-corrected chi connectivity index (χ2v) is 8.49. The lowest BCUT2D eigenvalue weighted by Crippen LogP contribution is -2.38. The van der Waals surface area contributed by atoms with Gasteiger partial charge in [0.05, 0.1) is 28.5 Å². The molecule has 1 atom stereocenters. The van der Waals surface area contributed by atoms with Gasteiger partial charge in [-0.3, -0.25) is 4.90 Å². The number of H-pyrrole nitrogens is 1. The number of hydrogen-bond donors (Lipinski definition) is 3. The molecule has 0 saturated carbocycles. The number of amides is 1. The molecule has 176 valence electrons. The number of carbonyl (C=O) groups is 1. The number of ether oxygens (including phenoxy) is 1. The third-order valence-electron chi connectivity index (χ3n) is 5.56. The van der Waals surface area contributed by atoms with Crippen molar-refractivity contribution >= 4 is 44.6 Å². The fourth-order valence-corrected chi connectivity index (χ4v) is 4.59. The molecule has 1 saturated heterocycles. The van der Waals surface area contributed by atoms with Crippen LogP contribution in [0.4, 0.5) is 29.6 Å². The Morgan fingerprint density at radius 1 is 1.36 bits per heavy atom. The molecule has 0 bridgehead atoms. The summed E-state index contributed by atoms with van der Waals surface area (Å²) < 4.78 is 46.7. The number of fused-ring (bicyclic) bond motifs is 1. The Hall–Kier alpha value is -2.86. The van der Waals surface area contributed by atoms with Crippen LogP contribution in [-0.4, -0.2) is 54.3 Å². The molecule has 0 aliphatic carbocycles. The number of aromatic nitrogens is 3. The molecule has 1 fully saturated rings. The van der Waals surface area contributed by atoms with E-state index in [2.05, 4.69) is 41.5 Å². The lowest BCUT2D eigenvalue weighted by atomic mass is 10.1. The molecular weight excluding hydrogens is 505 g/mol. The Bertz CT molecular complexity index is 1180. The summed E-state index contributed by atoms with van der Waals surface area (Å²) in [5.74, 6) is 0.141. The zero-order chi connectivity index (χ0) is 23.8. The molecule has 2 aromatic heterocycles. The molecule has 1 aromatic carbocycles. The van der Waals surface area contributed by atoms with Gasteiger partial charge in [-0.25, -0.2) is 14.8 Å². The average Bonchev–Trinajstić information content (AvgIpc) is 3.23. The van der Waals surface area contributed by atoms with Gasteiger partial charge >= 0.3 is 12.3 Å². The Balaban J connectivity index is 1.79. The summed E-state index contributed by atoms with van der Waals surface area (Å²) in [6.45, 7) is 1.60. The van der Waals surface area contributed by atoms with Crippen LogP contribution in [0.1, 0.15) is 18.4 Å². The molecule has 1 aliphatic heterocycles. The van der Waals surface area contributed by atoms with E-state index < -0.39 is 17.8 Å². The van der Waals surface area contributed by atoms with Gasteiger partial charge in [0.25, 0.3) is 0 Å². The molecule has 8 nitrogen and oxygen atoms in total. The lowest BCUT2D eigenvalue weighted by Gasteiger charge is -2.24. The van der Waals surface area contributed by atoms with E-state index in [4.69, 9.17) is 4.74 Å². The minimum absolute atomic E-state index is 0.0388. The number of halogens is 4. The van der Waals surface area contributed by atoms with Crippen LogP contribution in [-0.2, 0) is 10.9 Å². The van der Waals surface area contributed by atoms with Gasteiger partial charge in [-0.2, -0.15) is 13.2 Å². The van der Waals surface area contributed by atoms with Crippen LogP contribution in [0, 0.1) is 0 Å². The molecular formula is C21H22BrF3N6O2. The highest BCUT2D eigenvalue weighted by atomic mass is 79.9. The van der Waals surface area contributed by atoms with Gasteiger partial charge < -0.3 is 20.4 Å². The second-order valence-electron chi connectivity index (χ2n) is 7.69. The van der Waals surface area contributed by atoms with Crippen molar-refractivity contribution in [2.45, 2.75) is 25.1 Å². The molecule has 12 heteroatoms. The maximum Gasteiger partial charge on any atom is 0.419 e. The average molecular weight is 527 g/mol. The monoisotopic (exact) mass is 526 g/mol. The number of nitrogens with zero attached hydrogens (tertiary/aromatic N) is 3. The van der Waals surface area contributed by atoms with E-state index in [0.717, 1.165) is 25.6 Å². The number of hydrogen-bond acceptors (Lipinski definition) is 6. The Morgan fingerprint density at radius 3 is 2.82 bits per heavy atom. The molecule has 4 rings (SSSR count). The van der Waals surface area contributed by atoms with Gasteiger partial charge in [-0.15, -0.1) is 0 Å². The maximum atomic E-state index is 13.8. The van der Waals surface area contributed by atoms with Gasteiger partial charge in [0.1, 0.15) is 5.56 Å². The van der Waals surface area contributed by atoms with E-state index >= 15 is 0 Å². The number of methoxy groups -OCH3 is 1. The fourth-order valence-electron chi connectivity index (χ4n) is 3.86. The molecule has 3 aromatic rings. The largest absolute Gasteiger partial charge is 0.452 e. The first-order valence-corrected chi connectivity index (χ1v) is 11.0. The summed E-state index contributed by atoms with van der Waals surface area (Å²) in [6, 6.07) is 3.31. The van der Waals surface area contributed by atoms with Crippen molar-refractivity contribution in [2.75, 3.05) is 37.5 Å². The fraction of sp³-hybridized carbons (Fsp3) is 0.381. The highest BCUT2D eigenvalue weighted by Gasteiger charge is 2.36. The number of carbonyl (C=O) groups excluding carboxylic acids is 1. The SMILES string of the molecule is COC(=O)N(C)c1ccc2c(-c3nc(NC4CCCNC4)ncc3C(F)(F)F)c[nH]c2c1Br. The van der Waals surface area contributed by atoms with Gasteiger partial charge in [0, 0.05) is 43.0 Å². The van der Waals surface area contributed by atoms with Crippen molar-refractivity contribution in [2.24, 2.45) is 0 Å². The topological polar surface area (TPSA) is 95.2 Å². The van der Waals surface area contributed by atoms with Crippen molar-refractivity contribution in [1.29, 1.82) is 0 Å².